The molecule has 3 amide bonds. The van der Waals surface area contributed by atoms with E-state index in [2.05, 4.69) is 10.6 Å². The van der Waals surface area contributed by atoms with Crippen LogP contribution < -0.4 is 15.5 Å². The number of hydrogen-bond donors (Lipinski definition) is 2. The molecule has 0 aliphatic rings. The summed E-state index contributed by atoms with van der Waals surface area (Å²) >= 11 is 5.56. The molecule has 1 atom stereocenters. The zero-order valence-electron chi connectivity index (χ0n) is 11.5. The van der Waals surface area contributed by atoms with Crippen molar-refractivity contribution in [3.05, 3.63) is 23.8 Å². The van der Waals surface area contributed by atoms with E-state index in [1.54, 1.807) is 6.07 Å². The Morgan fingerprint density at radius 3 is 2.47 bits per heavy atom. The zero-order chi connectivity index (χ0) is 14.6. The second-order valence-electron chi connectivity index (χ2n) is 4.46. The molecular weight excluding hydrogens is 266 g/mol. The predicted octanol–water partition coefficient (Wildman–Crippen LogP) is 2.34. The molecule has 0 radical (unpaired) electrons. The van der Waals surface area contributed by atoms with Gasteiger partial charge in [-0.15, -0.1) is 11.6 Å². The average molecular weight is 284 g/mol. The molecule has 0 saturated carbocycles. The Hall–Kier alpha value is -1.75. The summed E-state index contributed by atoms with van der Waals surface area (Å²) in [5, 5.41) is 4.00. The number of benzene rings is 1. The number of carbonyl (C=O) groups excluding carboxylic acids is 2. The standard InChI is InChI=1S/C13H18ClN3O2/c1-8-5-6-10(7-11(8)17(3)4)15-13(19)16-12(18)9(2)14/h5-7,9H,1-4H3,(H2,15,16,18,19). The van der Waals surface area contributed by atoms with E-state index in [-0.39, 0.29) is 0 Å². The fourth-order valence-corrected chi connectivity index (χ4v) is 1.60. The lowest BCUT2D eigenvalue weighted by Gasteiger charge is -2.17. The lowest BCUT2D eigenvalue weighted by atomic mass is 10.1. The van der Waals surface area contributed by atoms with Gasteiger partial charge in [0.1, 0.15) is 5.38 Å². The van der Waals surface area contributed by atoms with Crippen LogP contribution in [0.15, 0.2) is 18.2 Å². The van der Waals surface area contributed by atoms with Gasteiger partial charge in [0.2, 0.25) is 5.91 Å². The molecule has 19 heavy (non-hydrogen) atoms. The van der Waals surface area contributed by atoms with Crippen LogP contribution in [0.3, 0.4) is 0 Å². The molecule has 1 aromatic carbocycles. The zero-order valence-corrected chi connectivity index (χ0v) is 12.2. The Bertz CT molecular complexity index is 487. The van der Waals surface area contributed by atoms with Gasteiger partial charge in [-0.2, -0.15) is 0 Å². The molecule has 0 aliphatic heterocycles. The Morgan fingerprint density at radius 1 is 1.32 bits per heavy atom. The van der Waals surface area contributed by atoms with Crippen LogP contribution >= 0.6 is 11.6 Å². The average Bonchev–Trinajstić information content (AvgIpc) is 2.30. The van der Waals surface area contributed by atoms with Crippen LogP contribution in [0.25, 0.3) is 0 Å². The third-order valence-electron chi connectivity index (χ3n) is 2.55. The summed E-state index contributed by atoms with van der Waals surface area (Å²) in [7, 11) is 3.84. The summed E-state index contributed by atoms with van der Waals surface area (Å²) in [6.45, 7) is 3.48. The normalized spacial score (nSPS) is 11.6. The minimum atomic E-state index is -0.749. The summed E-state index contributed by atoms with van der Waals surface area (Å²) in [5.74, 6) is -0.529. The number of nitrogens with zero attached hydrogens (tertiary/aromatic N) is 1. The van der Waals surface area contributed by atoms with Crippen LogP contribution in [0.1, 0.15) is 12.5 Å². The molecular formula is C13H18ClN3O2. The lowest BCUT2D eigenvalue weighted by molar-refractivity contribution is -0.119. The van der Waals surface area contributed by atoms with Crippen LogP contribution in [0.5, 0.6) is 0 Å². The van der Waals surface area contributed by atoms with Crippen molar-refractivity contribution in [3.63, 3.8) is 0 Å². The molecule has 2 N–H and O–H groups in total. The van der Waals surface area contributed by atoms with Gasteiger partial charge in [0, 0.05) is 25.5 Å². The highest BCUT2D eigenvalue weighted by Crippen LogP contribution is 2.22. The molecule has 0 fully saturated rings. The maximum atomic E-state index is 11.6. The molecule has 1 unspecified atom stereocenters. The molecule has 104 valence electrons. The van der Waals surface area contributed by atoms with E-state index >= 15 is 0 Å². The van der Waals surface area contributed by atoms with E-state index in [1.165, 1.54) is 6.92 Å². The number of rotatable bonds is 3. The minimum absolute atomic E-state index is 0.529. The molecule has 6 heteroatoms. The molecule has 5 nitrogen and oxygen atoms in total. The Morgan fingerprint density at radius 2 is 1.95 bits per heavy atom. The van der Waals surface area contributed by atoms with Crippen molar-refractivity contribution in [2.75, 3.05) is 24.3 Å². The highest BCUT2D eigenvalue weighted by atomic mass is 35.5. The van der Waals surface area contributed by atoms with Crippen LogP contribution in [-0.4, -0.2) is 31.4 Å². The van der Waals surface area contributed by atoms with Crippen LogP contribution in [-0.2, 0) is 4.79 Å². The van der Waals surface area contributed by atoms with Crippen LogP contribution in [0.2, 0.25) is 0 Å². The number of amides is 3. The number of hydrogen-bond acceptors (Lipinski definition) is 3. The van der Waals surface area contributed by atoms with Gasteiger partial charge in [-0.25, -0.2) is 4.79 Å². The predicted molar refractivity (Wildman–Crippen MR) is 78.0 cm³/mol. The molecule has 0 spiro atoms. The Labute approximate surface area is 117 Å². The van der Waals surface area contributed by atoms with Crippen molar-refractivity contribution in [3.8, 4) is 0 Å². The summed E-state index contributed by atoms with van der Waals surface area (Å²) in [4.78, 5) is 24.8. The van der Waals surface area contributed by atoms with E-state index < -0.39 is 17.3 Å². The van der Waals surface area contributed by atoms with Crippen LogP contribution in [0, 0.1) is 6.92 Å². The maximum absolute atomic E-state index is 11.6. The first-order chi connectivity index (χ1) is 8.81. The Kier molecular flexibility index (Phi) is 5.18. The third-order valence-corrected chi connectivity index (χ3v) is 2.75. The highest BCUT2D eigenvalue weighted by Gasteiger charge is 2.13. The SMILES string of the molecule is Cc1ccc(NC(=O)NC(=O)C(C)Cl)cc1N(C)C. The fraction of sp³-hybridized carbons (Fsp3) is 0.385. The number of imide groups is 1. The topological polar surface area (TPSA) is 61.4 Å². The van der Waals surface area contributed by atoms with E-state index in [0.717, 1.165) is 11.3 Å². The molecule has 1 rings (SSSR count). The third kappa shape index (κ3) is 4.44. The first kappa shape index (κ1) is 15.3. The Balaban J connectivity index is 2.75. The van der Waals surface area contributed by atoms with Crippen LogP contribution in [0.4, 0.5) is 16.2 Å². The second-order valence-corrected chi connectivity index (χ2v) is 5.11. The monoisotopic (exact) mass is 283 g/mol. The van der Waals surface area contributed by atoms with Crippen molar-refractivity contribution in [2.24, 2.45) is 0 Å². The molecule has 1 aromatic rings. The smallest absolute Gasteiger partial charge is 0.325 e. The van der Waals surface area contributed by atoms with Gasteiger partial charge in [0.15, 0.2) is 0 Å². The number of aryl methyl sites for hydroxylation is 1. The van der Waals surface area contributed by atoms with Gasteiger partial charge >= 0.3 is 6.03 Å². The lowest BCUT2D eigenvalue weighted by Crippen LogP contribution is -2.38. The van der Waals surface area contributed by atoms with Crippen molar-refractivity contribution in [1.82, 2.24) is 5.32 Å². The number of urea groups is 1. The van der Waals surface area contributed by atoms with Gasteiger partial charge < -0.3 is 10.2 Å². The largest absolute Gasteiger partial charge is 0.377 e. The molecule has 0 saturated heterocycles. The van der Waals surface area contributed by atoms with Gasteiger partial charge in [0.25, 0.3) is 0 Å². The van der Waals surface area contributed by atoms with Gasteiger partial charge in [-0.05, 0) is 31.5 Å². The number of halogens is 1. The molecule has 0 aromatic heterocycles. The summed E-state index contributed by atoms with van der Waals surface area (Å²) in [5.41, 5.74) is 2.71. The second kappa shape index (κ2) is 6.43. The maximum Gasteiger partial charge on any atom is 0.325 e. The highest BCUT2D eigenvalue weighted by molar-refractivity contribution is 6.31. The van der Waals surface area contributed by atoms with Crippen molar-refractivity contribution in [1.29, 1.82) is 0 Å². The summed E-state index contributed by atoms with van der Waals surface area (Å²) in [6, 6.07) is 4.92. The van der Waals surface area contributed by atoms with E-state index in [9.17, 15) is 9.59 Å². The van der Waals surface area contributed by atoms with Crippen molar-refractivity contribution in [2.45, 2.75) is 19.2 Å². The van der Waals surface area contributed by atoms with E-state index in [4.69, 9.17) is 11.6 Å². The first-order valence-corrected chi connectivity index (χ1v) is 6.28. The van der Waals surface area contributed by atoms with Gasteiger partial charge in [-0.1, -0.05) is 6.07 Å². The van der Waals surface area contributed by atoms with Crippen molar-refractivity contribution >= 4 is 34.9 Å². The van der Waals surface area contributed by atoms with E-state index in [1.807, 2.05) is 38.1 Å². The fourth-order valence-electron chi connectivity index (χ4n) is 1.54. The van der Waals surface area contributed by atoms with Gasteiger partial charge in [0.05, 0.1) is 0 Å². The quantitative estimate of drug-likeness (QED) is 0.837. The van der Waals surface area contributed by atoms with Crippen molar-refractivity contribution < 1.29 is 9.59 Å². The molecule has 0 bridgehead atoms. The number of nitrogens with one attached hydrogen (secondary N) is 2. The number of anilines is 2. The molecule has 0 heterocycles. The van der Waals surface area contributed by atoms with Gasteiger partial charge in [-0.3, -0.25) is 10.1 Å². The number of carbonyl (C=O) groups is 2. The summed E-state index contributed by atoms with van der Waals surface area (Å²) in [6.07, 6.45) is 0. The molecule has 0 aliphatic carbocycles. The van der Waals surface area contributed by atoms with E-state index in [0.29, 0.717) is 5.69 Å². The number of alkyl halides is 1. The minimum Gasteiger partial charge on any atom is -0.377 e. The first-order valence-electron chi connectivity index (χ1n) is 5.85. The summed E-state index contributed by atoms with van der Waals surface area (Å²) < 4.78 is 0.